The molecule has 0 saturated carbocycles. The highest BCUT2D eigenvalue weighted by molar-refractivity contribution is 5.51. The largest absolute Gasteiger partial charge is 0.362 e. The van der Waals surface area contributed by atoms with Crippen molar-refractivity contribution in [3.8, 4) is 0 Å². The third kappa shape index (κ3) is 1.95. The minimum atomic E-state index is 0.761. The molecule has 0 aliphatic rings. The molecule has 0 N–H and O–H groups in total. The molecule has 0 radical (unpaired) electrons. The number of rotatable bonds is 2. The number of aryl methyl sites for hydroxylation is 1. The first-order chi connectivity index (χ1) is 6.43. The van der Waals surface area contributed by atoms with E-state index < -0.39 is 0 Å². The highest BCUT2D eigenvalue weighted by Gasteiger charge is 2.10. The summed E-state index contributed by atoms with van der Waals surface area (Å²) in [6, 6.07) is 0. The first kappa shape index (κ1) is 10.8. The summed E-state index contributed by atoms with van der Waals surface area (Å²) in [5.74, 6) is 1.75. The van der Waals surface area contributed by atoms with Gasteiger partial charge in [-0.3, -0.25) is 0 Å². The molecule has 0 aromatic carbocycles. The van der Waals surface area contributed by atoms with Crippen LogP contribution in [0.1, 0.15) is 11.3 Å². The standard InChI is InChI=1S/C10H18N4/c1-7-8(2)11-10(14(5)6)12-9(7)13(3)4/h1-6H3. The predicted molar refractivity (Wildman–Crippen MR) is 60.2 cm³/mol. The van der Waals surface area contributed by atoms with E-state index in [0.29, 0.717) is 0 Å². The van der Waals surface area contributed by atoms with Gasteiger partial charge in [0, 0.05) is 39.4 Å². The molecular weight excluding hydrogens is 176 g/mol. The normalized spacial score (nSPS) is 10.1. The number of anilines is 2. The molecule has 0 fully saturated rings. The molecule has 0 bridgehead atoms. The van der Waals surface area contributed by atoms with Crippen LogP contribution in [0.5, 0.6) is 0 Å². The van der Waals surface area contributed by atoms with E-state index in [4.69, 9.17) is 0 Å². The Kier molecular flexibility index (Phi) is 2.93. The fraction of sp³-hybridized carbons (Fsp3) is 0.600. The Morgan fingerprint density at radius 1 is 0.857 bits per heavy atom. The van der Waals surface area contributed by atoms with Crippen LogP contribution in [0.25, 0.3) is 0 Å². The van der Waals surface area contributed by atoms with Crippen LogP contribution in [0, 0.1) is 13.8 Å². The summed E-state index contributed by atoms with van der Waals surface area (Å²) in [5, 5.41) is 0. The van der Waals surface area contributed by atoms with Crippen LogP contribution in [-0.2, 0) is 0 Å². The summed E-state index contributed by atoms with van der Waals surface area (Å²) in [7, 11) is 7.88. The zero-order chi connectivity index (χ0) is 10.9. The number of aromatic nitrogens is 2. The van der Waals surface area contributed by atoms with E-state index in [2.05, 4.69) is 9.97 Å². The highest BCUT2D eigenvalue weighted by atomic mass is 15.3. The summed E-state index contributed by atoms with van der Waals surface area (Å²) in [6.07, 6.45) is 0. The summed E-state index contributed by atoms with van der Waals surface area (Å²) in [6.45, 7) is 4.06. The summed E-state index contributed by atoms with van der Waals surface area (Å²) in [4.78, 5) is 12.8. The maximum absolute atomic E-state index is 4.47. The second kappa shape index (κ2) is 3.82. The molecule has 0 unspecified atom stereocenters. The first-order valence-electron chi connectivity index (χ1n) is 4.63. The van der Waals surface area contributed by atoms with Gasteiger partial charge < -0.3 is 9.80 Å². The van der Waals surface area contributed by atoms with E-state index in [1.807, 2.05) is 51.8 Å². The summed E-state index contributed by atoms with van der Waals surface area (Å²) < 4.78 is 0. The maximum atomic E-state index is 4.47. The van der Waals surface area contributed by atoms with Gasteiger partial charge in [0.1, 0.15) is 5.82 Å². The number of nitrogens with zero attached hydrogens (tertiary/aromatic N) is 4. The van der Waals surface area contributed by atoms with Gasteiger partial charge >= 0.3 is 0 Å². The fourth-order valence-electron chi connectivity index (χ4n) is 1.23. The molecule has 0 atom stereocenters. The minimum Gasteiger partial charge on any atom is -0.362 e. The molecule has 1 heterocycles. The average Bonchev–Trinajstić information content (AvgIpc) is 2.08. The lowest BCUT2D eigenvalue weighted by molar-refractivity contribution is 0.934. The number of hydrogen-bond acceptors (Lipinski definition) is 4. The molecule has 14 heavy (non-hydrogen) atoms. The van der Waals surface area contributed by atoms with Crippen molar-refractivity contribution in [1.29, 1.82) is 0 Å². The third-order valence-corrected chi connectivity index (χ3v) is 2.18. The van der Waals surface area contributed by atoms with E-state index in [1.165, 1.54) is 0 Å². The van der Waals surface area contributed by atoms with Crippen molar-refractivity contribution in [2.45, 2.75) is 13.8 Å². The lowest BCUT2D eigenvalue weighted by Crippen LogP contribution is -2.19. The Morgan fingerprint density at radius 3 is 1.86 bits per heavy atom. The molecule has 1 aromatic heterocycles. The minimum absolute atomic E-state index is 0.761. The molecule has 0 aliphatic carbocycles. The Bertz CT molecular complexity index is 331. The van der Waals surface area contributed by atoms with Crippen molar-refractivity contribution >= 4 is 11.8 Å². The molecular formula is C10H18N4. The molecule has 0 saturated heterocycles. The van der Waals surface area contributed by atoms with Crippen molar-refractivity contribution in [2.24, 2.45) is 0 Å². The van der Waals surface area contributed by atoms with Gasteiger partial charge in [0.25, 0.3) is 0 Å². The Hall–Kier alpha value is -1.32. The van der Waals surface area contributed by atoms with Crippen LogP contribution in [0.2, 0.25) is 0 Å². The van der Waals surface area contributed by atoms with Gasteiger partial charge in [-0.05, 0) is 13.8 Å². The molecule has 1 rings (SSSR count). The smallest absolute Gasteiger partial charge is 0.227 e. The van der Waals surface area contributed by atoms with Gasteiger partial charge in [-0.15, -0.1) is 0 Å². The average molecular weight is 194 g/mol. The number of hydrogen-bond donors (Lipinski definition) is 0. The highest BCUT2D eigenvalue weighted by Crippen LogP contribution is 2.19. The van der Waals surface area contributed by atoms with Crippen molar-refractivity contribution in [3.05, 3.63) is 11.3 Å². The fourth-order valence-corrected chi connectivity index (χ4v) is 1.23. The van der Waals surface area contributed by atoms with Crippen LogP contribution in [0.4, 0.5) is 11.8 Å². The van der Waals surface area contributed by atoms with E-state index in [1.54, 1.807) is 0 Å². The van der Waals surface area contributed by atoms with Gasteiger partial charge in [0.05, 0.1) is 0 Å². The van der Waals surface area contributed by atoms with Gasteiger partial charge in [0.15, 0.2) is 0 Å². The van der Waals surface area contributed by atoms with Gasteiger partial charge in [-0.2, -0.15) is 4.98 Å². The van der Waals surface area contributed by atoms with Crippen LogP contribution in [0.15, 0.2) is 0 Å². The lowest BCUT2D eigenvalue weighted by atomic mass is 10.2. The molecule has 78 valence electrons. The second-order valence-corrected chi connectivity index (χ2v) is 3.85. The van der Waals surface area contributed by atoms with E-state index in [-0.39, 0.29) is 0 Å². The molecule has 1 aromatic rings. The van der Waals surface area contributed by atoms with Crippen molar-refractivity contribution in [3.63, 3.8) is 0 Å². The molecule has 0 spiro atoms. The van der Waals surface area contributed by atoms with Crippen LogP contribution >= 0.6 is 0 Å². The van der Waals surface area contributed by atoms with E-state index in [9.17, 15) is 0 Å². The van der Waals surface area contributed by atoms with Crippen molar-refractivity contribution in [1.82, 2.24) is 9.97 Å². The SMILES string of the molecule is Cc1nc(N(C)C)nc(N(C)C)c1C. The lowest BCUT2D eigenvalue weighted by Gasteiger charge is -2.19. The zero-order valence-corrected chi connectivity index (χ0v) is 9.79. The van der Waals surface area contributed by atoms with Crippen LogP contribution < -0.4 is 9.80 Å². The quantitative estimate of drug-likeness (QED) is 0.708. The second-order valence-electron chi connectivity index (χ2n) is 3.85. The molecule has 4 heteroatoms. The van der Waals surface area contributed by atoms with Gasteiger partial charge in [0.2, 0.25) is 5.95 Å². The topological polar surface area (TPSA) is 32.3 Å². The molecule has 4 nitrogen and oxygen atoms in total. The maximum Gasteiger partial charge on any atom is 0.227 e. The van der Waals surface area contributed by atoms with E-state index in [0.717, 1.165) is 23.0 Å². The summed E-state index contributed by atoms with van der Waals surface area (Å²) in [5.41, 5.74) is 2.17. The monoisotopic (exact) mass is 194 g/mol. The molecule has 0 aliphatic heterocycles. The first-order valence-corrected chi connectivity index (χ1v) is 4.63. The van der Waals surface area contributed by atoms with Crippen molar-refractivity contribution < 1.29 is 0 Å². The van der Waals surface area contributed by atoms with Gasteiger partial charge in [-0.25, -0.2) is 4.98 Å². The van der Waals surface area contributed by atoms with Crippen molar-refractivity contribution in [2.75, 3.05) is 38.0 Å². The predicted octanol–water partition coefficient (Wildman–Crippen LogP) is 1.23. The summed E-state index contributed by atoms with van der Waals surface area (Å²) >= 11 is 0. The van der Waals surface area contributed by atoms with E-state index >= 15 is 0 Å². The Labute approximate surface area is 85.6 Å². The third-order valence-electron chi connectivity index (χ3n) is 2.18. The van der Waals surface area contributed by atoms with Gasteiger partial charge in [-0.1, -0.05) is 0 Å². The molecule has 0 amide bonds. The Morgan fingerprint density at radius 2 is 1.43 bits per heavy atom. The van der Waals surface area contributed by atoms with Crippen LogP contribution in [0.3, 0.4) is 0 Å². The Balaban J connectivity index is 3.28. The van der Waals surface area contributed by atoms with Crippen LogP contribution in [-0.4, -0.2) is 38.2 Å². The zero-order valence-electron chi connectivity index (χ0n) is 9.79.